The summed E-state index contributed by atoms with van der Waals surface area (Å²) in [7, 11) is 0. The Morgan fingerprint density at radius 1 is 1.19 bits per heavy atom. The van der Waals surface area contributed by atoms with E-state index in [0.29, 0.717) is 6.08 Å². The number of carboxylic acid groups (broad SMARTS) is 2. The van der Waals surface area contributed by atoms with Gasteiger partial charge in [0.2, 0.25) is 0 Å². The third-order valence-electron chi connectivity index (χ3n) is 1.74. The molecule has 0 atom stereocenters. The molecule has 0 unspecified atom stereocenters. The lowest BCUT2D eigenvalue weighted by Gasteiger charge is -2.02. The number of benzene rings is 1. The molecule has 0 saturated carbocycles. The topological polar surface area (TPSA) is 74.6 Å². The van der Waals surface area contributed by atoms with Gasteiger partial charge in [0.05, 0.1) is 0 Å². The highest BCUT2D eigenvalue weighted by Gasteiger charge is 2.18. The maximum Gasteiger partial charge on any atom is 0.341 e. The summed E-state index contributed by atoms with van der Waals surface area (Å²) in [6.07, 6.45) is 1.48. The van der Waals surface area contributed by atoms with Crippen LogP contribution in [0.5, 0.6) is 0 Å². The second kappa shape index (κ2) is 4.52. The molecule has 0 heterocycles. The van der Waals surface area contributed by atoms with Gasteiger partial charge in [-0.2, -0.15) is 0 Å². The zero-order valence-corrected chi connectivity index (χ0v) is 7.78. The lowest BCUT2D eigenvalue weighted by molar-refractivity contribution is -0.131. The second-order valence-electron chi connectivity index (χ2n) is 2.80. The molecule has 1 rings (SSSR count). The lowest BCUT2D eigenvalue weighted by atomic mass is 10.1. The maximum absolute atomic E-state index is 13.4. The predicted octanol–water partition coefficient (Wildman–Crippen LogP) is 1.76. The molecule has 2 N–H and O–H groups in total. The Kier molecular flexibility index (Phi) is 3.34. The van der Waals surface area contributed by atoms with Gasteiger partial charge >= 0.3 is 11.9 Å². The SMILES string of the molecule is O=C(O)C=Cc1ccc(F)c(C(=O)O)c1F. The summed E-state index contributed by atoms with van der Waals surface area (Å²) in [5.41, 5.74) is -1.41. The minimum absolute atomic E-state index is 0.304. The van der Waals surface area contributed by atoms with Crippen LogP contribution in [0.25, 0.3) is 6.08 Å². The maximum atomic E-state index is 13.4. The minimum atomic E-state index is -1.75. The van der Waals surface area contributed by atoms with E-state index in [9.17, 15) is 18.4 Å². The van der Waals surface area contributed by atoms with Crippen molar-refractivity contribution >= 4 is 18.0 Å². The second-order valence-corrected chi connectivity index (χ2v) is 2.80. The fourth-order valence-electron chi connectivity index (χ4n) is 1.05. The molecule has 0 spiro atoms. The average molecular weight is 228 g/mol. The van der Waals surface area contributed by atoms with E-state index in [2.05, 4.69) is 0 Å². The van der Waals surface area contributed by atoms with Crippen molar-refractivity contribution in [3.05, 3.63) is 41.0 Å². The number of hydrogen-bond acceptors (Lipinski definition) is 2. The van der Waals surface area contributed by atoms with Crippen LogP contribution in [0.15, 0.2) is 18.2 Å². The number of rotatable bonds is 3. The van der Waals surface area contributed by atoms with E-state index < -0.39 is 29.1 Å². The van der Waals surface area contributed by atoms with E-state index in [0.717, 1.165) is 18.2 Å². The summed E-state index contributed by atoms with van der Waals surface area (Å²) in [6.45, 7) is 0. The van der Waals surface area contributed by atoms with Crippen molar-refractivity contribution in [2.75, 3.05) is 0 Å². The number of halogens is 2. The molecule has 0 aliphatic heterocycles. The number of carbonyl (C=O) groups is 2. The van der Waals surface area contributed by atoms with E-state index in [1.165, 1.54) is 0 Å². The Balaban J connectivity index is 3.29. The van der Waals surface area contributed by atoms with Crippen LogP contribution in [0.2, 0.25) is 0 Å². The Labute approximate surface area is 88.4 Å². The van der Waals surface area contributed by atoms with Crippen LogP contribution in [-0.2, 0) is 4.79 Å². The first-order valence-corrected chi connectivity index (χ1v) is 4.05. The van der Waals surface area contributed by atoms with Crippen LogP contribution in [0, 0.1) is 11.6 Å². The van der Waals surface area contributed by atoms with Crippen molar-refractivity contribution in [3.63, 3.8) is 0 Å². The van der Waals surface area contributed by atoms with Gasteiger partial charge in [0, 0.05) is 11.6 Å². The molecule has 84 valence electrons. The summed E-state index contributed by atoms with van der Waals surface area (Å²) >= 11 is 0. The molecule has 0 bridgehead atoms. The van der Waals surface area contributed by atoms with Crippen molar-refractivity contribution in [3.8, 4) is 0 Å². The fraction of sp³-hybridized carbons (Fsp3) is 0. The molecule has 1 aromatic carbocycles. The first-order chi connectivity index (χ1) is 7.43. The molecule has 0 fully saturated rings. The Hall–Kier alpha value is -2.24. The Bertz CT molecular complexity index is 480. The van der Waals surface area contributed by atoms with Gasteiger partial charge in [-0.25, -0.2) is 18.4 Å². The smallest absolute Gasteiger partial charge is 0.341 e. The van der Waals surface area contributed by atoms with E-state index in [-0.39, 0.29) is 5.56 Å². The molecule has 0 aliphatic rings. The van der Waals surface area contributed by atoms with Gasteiger partial charge in [0.25, 0.3) is 0 Å². The molecule has 4 nitrogen and oxygen atoms in total. The summed E-state index contributed by atoms with van der Waals surface area (Å²) in [5.74, 6) is -5.58. The standard InChI is InChI=1S/C10H6F2O4/c11-6-3-1-5(2-4-7(13)14)9(12)8(6)10(15)16/h1-4H,(H,13,14)(H,15,16). The van der Waals surface area contributed by atoms with Crippen LogP contribution >= 0.6 is 0 Å². The largest absolute Gasteiger partial charge is 0.478 e. The third kappa shape index (κ3) is 2.41. The molecular weight excluding hydrogens is 222 g/mol. The Morgan fingerprint density at radius 2 is 1.81 bits per heavy atom. The van der Waals surface area contributed by atoms with E-state index >= 15 is 0 Å². The molecular formula is C10H6F2O4. The summed E-state index contributed by atoms with van der Waals surface area (Å²) in [5, 5.41) is 16.8. The van der Waals surface area contributed by atoms with Gasteiger partial charge in [-0.1, -0.05) is 0 Å². The zero-order valence-electron chi connectivity index (χ0n) is 7.78. The van der Waals surface area contributed by atoms with Crippen LogP contribution in [0.1, 0.15) is 15.9 Å². The van der Waals surface area contributed by atoms with Crippen LogP contribution < -0.4 is 0 Å². The number of carboxylic acids is 2. The molecule has 0 aromatic heterocycles. The zero-order chi connectivity index (χ0) is 12.3. The van der Waals surface area contributed by atoms with Gasteiger partial charge in [0.1, 0.15) is 17.2 Å². The first-order valence-electron chi connectivity index (χ1n) is 4.05. The van der Waals surface area contributed by atoms with Crippen molar-refractivity contribution in [1.29, 1.82) is 0 Å². The lowest BCUT2D eigenvalue weighted by Crippen LogP contribution is -2.06. The Morgan fingerprint density at radius 3 is 2.31 bits per heavy atom. The van der Waals surface area contributed by atoms with Crippen molar-refractivity contribution in [1.82, 2.24) is 0 Å². The van der Waals surface area contributed by atoms with Gasteiger partial charge < -0.3 is 10.2 Å². The number of hydrogen-bond donors (Lipinski definition) is 2. The molecule has 6 heteroatoms. The highest BCUT2D eigenvalue weighted by molar-refractivity contribution is 5.90. The summed E-state index contributed by atoms with van der Waals surface area (Å²) in [4.78, 5) is 20.7. The molecule has 0 saturated heterocycles. The predicted molar refractivity (Wildman–Crippen MR) is 50.0 cm³/mol. The number of aliphatic carboxylic acids is 1. The highest BCUT2D eigenvalue weighted by Crippen LogP contribution is 2.18. The van der Waals surface area contributed by atoms with Gasteiger partial charge in [0.15, 0.2) is 0 Å². The highest BCUT2D eigenvalue weighted by atomic mass is 19.1. The fourth-order valence-corrected chi connectivity index (χ4v) is 1.05. The summed E-state index contributed by atoms with van der Waals surface area (Å²) < 4.78 is 26.3. The van der Waals surface area contributed by atoms with Crippen LogP contribution in [0.4, 0.5) is 8.78 Å². The minimum Gasteiger partial charge on any atom is -0.478 e. The monoisotopic (exact) mass is 228 g/mol. The van der Waals surface area contributed by atoms with Crippen molar-refractivity contribution in [2.24, 2.45) is 0 Å². The molecule has 0 amide bonds. The van der Waals surface area contributed by atoms with Gasteiger partial charge in [-0.15, -0.1) is 0 Å². The van der Waals surface area contributed by atoms with Gasteiger partial charge in [-0.3, -0.25) is 0 Å². The van der Waals surface area contributed by atoms with Crippen molar-refractivity contribution in [2.45, 2.75) is 0 Å². The number of aromatic carboxylic acids is 1. The third-order valence-corrected chi connectivity index (χ3v) is 1.74. The molecule has 0 aliphatic carbocycles. The molecule has 1 aromatic rings. The van der Waals surface area contributed by atoms with Crippen LogP contribution in [-0.4, -0.2) is 22.2 Å². The quantitative estimate of drug-likeness (QED) is 0.773. The van der Waals surface area contributed by atoms with E-state index in [4.69, 9.17) is 10.2 Å². The van der Waals surface area contributed by atoms with Crippen molar-refractivity contribution < 1.29 is 28.6 Å². The van der Waals surface area contributed by atoms with E-state index in [1.807, 2.05) is 0 Å². The average Bonchev–Trinajstić information content (AvgIpc) is 2.15. The molecule has 0 radical (unpaired) electrons. The van der Waals surface area contributed by atoms with Gasteiger partial charge in [-0.05, 0) is 18.2 Å². The molecule has 16 heavy (non-hydrogen) atoms. The first kappa shape index (κ1) is 11.8. The van der Waals surface area contributed by atoms with Crippen LogP contribution in [0.3, 0.4) is 0 Å². The van der Waals surface area contributed by atoms with E-state index in [1.54, 1.807) is 0 Å². The normalized spacial score (nSPS) is 10.6. The summed E-state index contributed by atoms with van der Waals surface area (Å²) in [6, 6.07) is 1.71.